The van der Waals surface area contributed by atoms with Gasteiger partial charge in [0.05, 0.1) is 6.04 Å². The van der Waals surface area contributed by atoms with Crippen LogP contribution in [-0.2, 0) is 0 Å². The molecule has 52 valence electrons. The molecule has 0 aliphatic carbocycles. The smallest absolute Gasteiger partial charge is 0.317 e. The fourth-order valence-electron chi connectivity index (χ4n) is 0.938. The van der Waals surface area contributed by atoms with Crippen LogP contribution in [0.5, 0.6) is 0 Å². The number of likely N-dealkylation sites (N-methyl/N-ethyl adjacent to an activating group) is 1. The third-order valence-corrected chi connectivity index (χ3v) is 2.01. The third-order valence-electron chi connectivity index (χ3n) is 2.01. The fraction of sp³-hybridized carbons (Fsp3) is 0.833. The summed E-state index contributed by atoms with van der Waals surface area (Å²) in [5, 5.41) is 2.80. The van der Waals surface area contributed by atoms with Crippen LogP contribution in [0, 0.1) is 0 Å². The molecule has 1 saturated heterocycles. The Labute approximate surface area is 55.0 Å². The van der Waals surface area contributed by atoms with E-state index in [9.17, 15) is 4.79 Å². The normalized spacial score (nSPS) is 35.0. The Kier molecular flexibility index (Phi) is 1.35. The van der Waals surface area contributed by atoms with Gasteiger partial charge in [-0.15, -0.1) is 0 Å². The highest BCUT2D eigenvalue weighted by molar-refractivity contribution is 5.77. The lowest BCUT2D eigenvalue weighted by atomic mass is 10.2. The zero-order chi connectivity index (χ0) is 7.02. The summed E-state index contributed by atoms with van der Waals surface area (Å²) < 4.78 is 0. The van der Waals surface area contributed by atoms with Crippen LogP contribution in [0.15, 0.2) is 0 Å². The summed E-state index contributed by atoms with van der Waals surface area (Å²) in [5.41, 5.74) is 0. The summed E-state index contributed by atoms with van der Waals surface area (Å²) in [6.07, 6.45) is 0. The van der Waals surface area contributed by atoms with Crippen molar-refractivity contribution in [2.45, 2.75) is 25.9 Å². The fourth-order valence-corrected chi connectivity index (χ4v) is 0.938. The average molecular weight is 128 g/mol. The molecule has 0 radical (unpaired) electrons. The van der Waals surface area contributed by atoms with Crippen molar-refractivity contribution in [3.05, 3.63) is 0 Å². The van der Waals surface area contributed by atoms with E-state index in [4.69, 9.17) is 0 Å². The topological polar surface area (TPSA) is 32.3 Å². The van der Waals surface area contributed by atoms with Gasteiger partial charge in [-0.05, 0) is 13.8 Å². The summed E-state index contributed by atoms with van der Waals surface area (Å²) in [6.45, 7) is 4.04. The van der Waals surface area contributed by atoms with E-state index < -0.39 is 0 Å². The van der Waals surface area contributed by atoms with E-state index in [0.29, 0.717) is 12.1 Å². The first kappa shape index (κ1) is 6.39. The molecule has 0 bridgehead atoms. The van der Waals surface area contributed by atoms with Crippen LogP contribution in [0.25, 0.3) is 0 Å². The van der Waals surface area contributed by atoms with Gasteiger partial charge in [-0.2, -0.15) is 0 Å². The van der Waals surface area contributed by atoms with Crippen molar-refractivity contribution in [1.82, 2.24) is 10.2 Å². The van der Waals surface area contributed by atoms with Crippen LogP contribution >= 0.6 is 0 Å². The third kappa shape index (κ3) is 0.866. The highest BCUT2D eigenvalue weighted by Gasteiger charge is 2.29. The Morgan fingerprint density at radius 2 is 2.11 bits per heavy atom. The number of hydrogen-bond donors (Lipinski definition) is 1. The molecule has 2 atom stereocenters. The molecule has 1 aliphatic rings. The van der Waals surface area contributed by atoms with Gasteiger partial charge in [0, 0.05) is 13.1 Å². The van der Waals surface area contributed by atoms with Crippen molar-refractivity contribution in [3.8, 4) is 0 Å². The first-order valence-electron chi connectivity index (χ1n) is 3.16. The first-order valence-corrected chi connectivity index (χ1v) is 3.16. The van der Waals surface area contributed by atoms with Crippen LogP contribution in [-0.4, -0.2) is 30.1 Å². The van der Waals surface area contributed by atoms with Gasteiger partial charge >= 0.3 is 6.03 Å². The lowest BCUT2D eigenvalue weighted by Gasteiger charge is -2.14. The number of hydrogen-bond acceptors (Lipinski definition) is 1. The van der Waals surface area contributed by atoms with Gasteiger partial charge in [0.2, 0.25) is 0 Å². The average Bonchev–Trinajstić information content (AvgIpc) is 1.98. The van der Waals surface area contributed by atoms with Crippen LogP contribution < -0.4 is 5.32 Å². The summed E-state index contributed by atoms with van der Waals surface area (Å²) >= 11 is 0. The lowest BCUT2D eigenvalue weighted by molar-refractivity contribution is 0.218. The summed E-state index contributed by atoms with van der Waals surface area (Å²) in [4.78, 5) is 12.5. The van der Waals surface area contributed by atoms with E-state index in [1.807, 2.05) is 20.9 Å². The van der Waals surface area contributed by atoms with Gasteiger partial charge < -0.3 is 10.2 Å². The number of carbonyl (C=O) groups is 1. The first-order chi connectivity index (χ1) is 4.13. The summed E-state index contributed by atoms with van der Waals surface area (Å²) in [7, 11) is 1.81. The van der Waals surface area contributed by atoms with Crippen molar-refractivity contribution in [2.75, 3.05) is 7.05 Å². The molecule has 1 heterocycles. The minimum atomic E-state index is 0.0370. The van der Waals surface area contributed by atoms with Crippen molar-refractivity contribution in [3.63, 3.8) is 0 Å². The van der Waals surface area contributed by atoms with Crippen LogP contribution in [0.4, 0.5) is 4.79 Å². The van der Waals surface area contributed by atoms with Crippen molar-refractivity contribution in [2.24, 2.45) is 0 Å². The standard InChI is InChI=1S/C6H12N2O/c1-4-5(2)8(3)6(9)7-4/h4-5H,1-3H3,(H,7,9). The molecule has 3 heteroatoms. The second-order valence-corrected chi connectivity index (χ2v) is 2.59. The molecular formula is C6H12N2O. The number of amides is 2. The monoisotopic (exact) mass is 128 g/mol. The van der Waals surface area contributed by atoms with Gasteiger partial charge in [0.25, 0.3) is 0 Å². The molecule has 2 unspecified atom stereocenters. The zero-order valence-electron chi connectivity index (χ0n) is 6.01. The highest BCUT2D eigenvalue weighted by atomic mass is 16.2. The molecule has 0 spiro atoms. The van der Waals surface area contributed by atoms with Crippen LogP contribution in [0.2, 0.25) is 0 Å². The predicted octanol–water partition coefficient (Wildman–Crippen LogP) is 0.418. The summed E-state index contributed by atoms with van der Waals surface area (Å²) in [6, 6.07) is 0.662. The Hall–Kier alpha value is -0.730. The number of carbonyl (C=O) groups excluding carboxylic acids is 1. The van der Waals surface area contributed by atoms with E-state index in [1.165, 1.54) is 0 Å². The maximum Gasteiger partial charge on any atom is 0.317 e. The molecule has 1 fully saturated rings. The van der Waals surface area contributed by atoms with Gasteiger partial charge in [-0.25, -0.2) is 4.79 Å². The van der Waals surface area contributed by atoms with E-state index in [2.05, 4.69) is 5.32 Å². The van der Waals surface area contributed by atoms with E-state index in [-0.39, 0.29) is 6.03 Å². The molecule has 0 aromatic carbocycles. The molecule has 1 aliphatic heterocycles. The maximum atomic E-state index is 10.8. The number of rotatable bonds is 0. The molecule has 0 aromatic heterocycles. The Morgan fingerprint density at radius 3 is 2.22 bits per heavy atom. The Bertz CT molecular complexity index is 135. The highest BCUT2D eigenvalue weighted by Crippen LogP contribution is 2.08. The number of urea groups is 1. The molecule has 0 aromatic rings. The molecule has 1 N–H and O–H groups in total. The lowest BCUT2D eigenvalue weighted by Crippen LogP contribution is -2.28. The molecular weight excluding hydrogens is 116 g/mol. The van der Waals surface area contributed by atoms with Gasteiger partial charge in [-0.3, -0.25) is 0 Å². The second-order valence-electron chi connectivity index (χ2n) is 2.59. The SMILES string of the molecule is CC1NC(=O)N(C)C1C. The van der Waals surface area contributed by atoms with Crippen LogP contribution in [0.1, 0.15) is 13.8 Å². The number of nitrogens with one attached hydrogen (secondary N) is 1. The minimum Gasteiger partial charge on any atom is -0.333 e. The van der Waals surface area contributed by atoms with Gasteiger partial charge in [0.15, 0.2) is 0 Å². The molecule has 0 saturated carbocycles. The number of nitrogens with zero attached hydrogens (tertiary/aromatic N) is 1. The van der Waals surface area contributed by atoms with E-state index >= 15 is 0 Å². The van der Waals surface area contributed by atoms with Crippen molar-refractivity contribution < 1.29 is 4.79 Å². The minimum absolute atomic E-state index is 0.0370. The van der Waals surface area contributed by atoms with Crippen molar-refractivity contribution >= 4 is 6.03 Å². The molecule has 1 rings (SSSR count). The molecule has 2 amide bonds. The zero-order valence-corrected chi connectivity index (χ0v) is 6.01. The Morgan fingerprint density at radius 1 is 1.56 bits per heavy atom. The molecule has 3 nitrogen and oxygen atoms in total. The van der Waals surface area contributed by atoms with Gasteiger partial charge in [-0.1, -0.05) is 0 Å². The van der Waals surface area contributed by atoms with E-state index in [0.717, 1.165) is 0 Å². The predicted molar refractivity (Wildman–Crippen MR) is 35.2 cm³/mol. The Balaban J connectivity index is 2.65. The van der Waals surface area contributed by atoms with Crippen LogP contribution in [0.3, 0.4) is 0 Å². The maximum absolute atomic E-state index is 10.8. The largest absolute Gasteiger partial charge is 0.333 e. The van der Waals surface area contributed by atoms with Crippen molar-refractivity contribution in [1.29, 1.82) is 0 Å². The van der Waals surface area contributed by atoms with Gasteiger partial charge in [0.1, 0.15) is 0 Å². The van der Waals surface area contributed by atoms with E-state index in [1.54, 1.807) is 4.90 Å². The second kappa shape index (κ2) is 1.90. The molecule has 9 heavy (non-hydrogen) atoms. The summed E-state index contributed by atoms with van der Waals surface area (Å²) in [5.74, 6) is 0. The quantitative estimate of drug-likeness (QED) is 0.503.